The summed E-state index contributed by atoms with van der Waals surface area (Å²) >= 11 is 3.49. The third-order valence-corrected chi connectivity index (χ3v) is 3.27. The van der Waals surface area contributed by atoms with Crippen LogP contribution in [0, 0.1) is 0 Å². The van der Waals surface area contributed by atoms with E-state index >= 15 is 0 Å². The van der Waals surface area contributed by atoms with Crippen molar-refractivity contribution in [2.24, 2.45) is 0 Å². The van der Waals surface area contributed by atoms with Crippen LogP contribution < -0.4 is 5.32 Å². The first-order valence-electron chi connectivity index (χ1n) is 6.28. The fourth-order valence-electron chi connectivity index (χ4n) is 1.65. The highest BCUT2D eigenvalue weighted by Crippen LogP contribution is 2.25. The van der Waals surface area contributed by atoms with Gasteiger partial charge in [0.15, 0.2) is 0 Å². The second-order valence-corrected chi connectivity index (χ2v) is 6.27. The van der Waals surface area contributed by atoms with E-state index in [2.05, 4.69) is 52.2 Å². The minimum Gasteiger partial charge on any atom is -0.339 e. The number of rotatable bonds is 4. The number of nitrogens with one attached hydrogen (secondary N) is 1. The Balaban J connectivity index is 2.02. The van der Waals surface area contributed by atoms with Crippen molar-refractivity contribution in [3.8, 4) is 11.4 Å². The number of aromatic nitrogens is 2. The van der Waals surface area contributed by atoms with Gasteiger partial charge in [0.05, 0.1) is 0 Å². The number of hydrogen-bond acceptors (Lipinski definition) is 4. The minimum absolute atomic E-state index is 0.102. The van der Waals surface area contributed by atoms with Gasteiger partial charge in [0.25, 0.3) is 0 Å². The highest BCUT2D eigenvalue weighted by atomic mass is 79.9. The topological polar surface area (TPSA) is 51.0 Å². The van der Waals surface area contributed by atoms with Gasteiger partial charge in [0, 0.05) is 28.5 Å². The third kappa shape index (κ3) is 4.14. The van der Waals surface area contributed by atoms with E-state index in [-0.39, 0.29) is 5.54 Å². The van der Waals surface area contributed by atoms with Gasteiger partial charge in [0.2, 0.25) is 11.7 Å². The first kappa shape index (κ1) is 14.2. The van der Waals surface area contributed by atoms with Gasteiger partial charge in [-0.2, -0.15) is 4.98 Å². The Bertz CT molecular complexity index is 546. The maximum Gasteiger partial charge on any atom is 0.228 e. The lowest BCUT2D eigenvalue weighted by atomic mass is 10.1. The summed E-state index contributed by atoms with van der Waals surface area (Å²) in [4.78, 5) is 4.41. The molecule has 0 radical (unpaired) electrons. The van der Waals surface area contributed by atoms with Crippen LogP contribution in [0.25, 0.3) is 11.4 Å². The number of halogens is 1. The molecule has 0 saturated carbocycles. The molecule has 4 nitrogen and oxygen atoms in total. The SMILES string of the molecule is CC(C)(C)NCCc1nc(-c2ccccc2Br)no1. The van der Waals surface area contributed by atoms with Crippen LogP contribution in [0.4, 0.5) is 0 Å². The first-order valence-corrected chi connectivity index (χ1v) is 7.07. The van der Waals surface area contributed by atoms with Gasteiger partial charge in [-0.05, 0) is 32.9 Å². The minimum atomic E-state index is 0.102. The van der Waals surface area contributed by atoms with Gasteiger partial charge in [-0.15, -0.1) is 0 Å². The molecule has 1 aromatic heterocycles. The van der Waals surface area contributed by atoms with Gasteiger partial charge in [-0.3, -0.25) is 0 Å². The van der Waals surface area contributed by atoms with Crippen LogP contribution in [0.3, 0.4) is 0 Å². The molecule has 0 saturated heterocycles. The van der Waals surface area contributed by atoms with Crippen LogP contribution in [-0.2, 0) is 6.42 Å². The van der Waals surface area contributed by atoms with Crippen molar-refractivity contribution < 1.29 is 4.52 Å². The molecule has 2 rings (SSSR count). The monoisotopic (exact) mass is 323 g/mol. The van der Waals surface area contributed by atoms with E-state index in [0.29, 0.717) is 11.7 Å². The van der Waals surface area contributed by atoms with E-state index in [1.54, 1.807) is 0 Å². The number of hydrogen-bond donors (Lipinski definition) is 1. The largest absolute Gasteiger partial charge is 0.339 e. The molecule has 0 aliphatic carbocycles. The van der Waals surface area contributed by atoms with Crippen LogP contribution in [0.15, 0.2) is 33.3 Å². The normalized spacial score (nSPS) is 11.8. The summed E-state index contributed by atoms with van der Waals surface area (Å²) in [6.07, 6.45) is 0.731. The lowest BCUT2D eigenvalue weighted by Crippen LogP contribution is -2.37. The van der Waals surface area contributed by atoms with Crippen molar-refractivity contribution in [3.05, 3.63) is 34.6 Å². The van der Waals surface area contributed by atoms with Crippen molar-refractivity contribution in [2.45, 2.75) is 32.7 Å². The maximum atomic E-state index is 5.27. The Hall–Kier alpha value is -1.20. The van der Waals surface area contributed by atoms with Crippen molar-refractivity contribution in [2.75, 3.05) is 6.54 Å². The zero-order chi connectivity index (χ0) is 13.9. The van der Waals surface area contributed by atoms with Crippen LogP contribution in [0.2, 0.25) is 0 Å². The standard InChI is InChI=1S/C14H18BrN3O/c1-14(2,3)16-9-8-12-17-13(18-19-12)10-6-4-5-7-11(10)15/h4-7,16H,8-9H2,1-3H3. The highest BCUT2D eigenvalue weighted by molar-refractivity contribution is 9.10. The summed E-state index contributed by atoms with van der Waals surface area (Å²) in [5.74, 6) is 1.28. The summed E-state index contributed by atoms with van der Waals surface area (Å²) in [6.45, 7) is 7.22. The van der Waals surface area contributed by atoms with Gasteiger partial charge in [-0.25, -0.2) is 0 Å². The van der Waals surface area contributed by atoms with E-state index in [4.69, 9.17) is 4.52 Å². The second kappa shape index (κ2) is 5.84. The van der Waals surface area contributed by atoms with Crippen molar-refractivity contribution in [1.82, 2.24) is 15.5 Å². The molecule has 1 N–H and O–H groups in total. The molecule has 0 fully saturated rings. The van der Waals surface area contributed by atoms with Crippen molar-refractivity contribution in [3.63, 3.8) is 0 Å². The Morgan fingerprint density at radius 1 is 1.26 bits per heavy atom. The van der Waals surface area contributed by atoms with E-state index in [0.717, 1.165) is 23.0 Å². The first-order chi connectivity index (χ1) is 8.96. The van der Waals surface area contributed by atoms with Crippen LogP contribution in [0.1, 0.15) is 26.7 Å². The van der Waals surface area contributed by atoms with Gasteiger partial charge < -0.3 is 9.84 Å². The summed E-state index contributed by atoms with van der Waals surface area (Å²) in [6, 6.07) is 7.84. The Labute approximate surface area is 121 Å². The second-order valence-electron chi connectivity index (χ2n) is 5.42. The summed E-state index contributed by atoms with van der Waals surface area (Å²) in [5.41, 5.74) is 1.05. The molecule has 0 atom stereocenters. The molecule has 1 aromatic carbocycles. The molecular formula is C14H18BrN3O. The van der Waals surface area contributed by atoms with E-state index < -0.39 is 0 Å². The molecule has 0 bridgehead atoms. The molecule has 19 heavy (non-hydrogen) atoms. The lowest BCUT2D eigenvalue weighted by molar-refractivity contribution is 0.362. The average molecular weight is 324 g/mol. The maximum absolute atomic E-state index is 5.27. The molecule has 102 valence electrons. The van der Waals surface area contributed by atoms with Gasteiger partial charge >= 0.3 is 0 Å². The third-order valence-electron chi connectivity index (χ3n) is 2.58. The Morgan fingerprint density at radius 2 is 2.00 bits per heavy atom. The quantitative estimate of drug-likeness (QED) is 0.936. The number of nitrogens with zero attached hydrogens (tertiary/aromatic N) is 2. The molecule has 2 aromatic rings. The molecule has 0 aliphatic heterocycles. The molecule has 0 unspecified atom stereocenters. The van der Waals surface area contributed by atoms with Crippen molar-refractivity contribution >= 4 is 15.9 Å². The van der Waals surface area contributed by atoms with Crippen LogP contribution in [-0.4, -0.2) is 22.2 Å². The highest BCUT2D eigenvalue weighted by Gasteiger charge is 2.12. The van der Waals surface area contributed by atoms with Crippen LogP contribution >= 0.6 is 15.9 Å². The molecule has 5 heteroatoms. The van der Waals surface area contributed by atoms with Crippen molar-refractivity contribution in [1.29, 1.82) is 0 Å². The predicted octanol–water partition coefficient (Wildman–Crippen LogP) is 3.43. The number of benzene rings is 1. The molecule has 0 spiro atoms. The fraction of sp³-hybridized carbons (Fsp3) is 0.429. The lowest BCUT2D eigenvalue weighted by Gasteiger charge is -2.19. The summed E-state index contributed by atoms with van der Waals surface area (Å²) in [5, 5.41) is 7.41. The van der Waals surface area contributed by atoms with E-state index in [1.807, 2.05) is 24.3 Å². The smallest absolute Gasteiger partial charge is 0.228 e. The zero-order valence-electron chi connectivity index (χ0n) is 11.4. The molecule has 1 heterocycles. The van der Waals surface area contributed by atoms with E-state index in [9.17, 15) is 0 Å². The Morgan fingerprint density at radius 3 is 2.68 bits per heavy atom. The van der Waals surface area contributed by atoms with Gasteiger partial charge in [-0.1, -0.05) is 33.2 Å². The van der Waals surface area contributed by atoms with E-state index in [1.165, 1.54) is 0 Å². The summed E-state index contributed by atoms with van der Waals surface area (Å²) in [7, 11) is 0. The van der Waals surface area contributed by atoms with Crippen LogP contribution in [0.5, 0.6) is 0 Å². The predicted molar refractivity (Wildman–Crippen MR) is 78.9 cm³/mol. The van der Waals surface area contributed by atoms with Gasteiger partial charge in [0.1, 0.15) is 0 Å². The summed E-state index contributed by atoms with van der Waals surface area (Å²) < 4.78 is 6.23. The molecule has 0 aliphatic rings. The Kier molecular flexibility index (Phi) is 4.37. The molecule has 0 amide bonds. The average Bonchev–Trinajstić information content (AvgIpc) is 2.76. The zero-order valence-corrected chi connectivity index (χ0v) is 13.0. The fourth-order valence-corrected chi connectivity index (χ4v) is 2.11. The molecular weight excluding hydrogens is 306 g/mol.